The summed E-state index contributed by atoms with van der Waals surface area (Å²) in [6.45, 7) is 5.36. The van der Waals surface area contributed by atoms with Crippen molar-refractivity contribution in [2.75, 3.05) is 41.4 Å². The second-order valence-electron chi connectivity index (χ2n) is 12.4. The first kappa shape index (κ1) is 29.7. The molecule has 3 aliphatic heterocycles. The molecule has 0 bridgehead atoms. The number of ketones is 1. The molecule has 11 heteroatoms. The van der Waals surface area contributed by atoms with E-state index in [-0.39, 0.29) is 29.1 Å². The van der Waals surface area contributed by atoms with Crippen LogP contribution in [-0.2, 0) is 19.4 Å². The molecule has 9 nitrogen and oxygen atoms in total. The molecule has 43 heavy (non-hydrogen) atoms. The Morgan fingerprint density at radius 1 is 1.16 bits per heavy atom. The fraction of sp³-hybridized carbons (Fsp3) is 0.469. The molecule has 0 aromatic carbocycles. The molecule has 3 unspecified atom stereocenters. The first-order chi connectivity index (χ1) is 20.5. The zero-order chi connectivity index (χ0) is 30.4. The highest BCUT2D eigenvalue weighted by molar-refractivity contribution is 8.05. The van der Waals surface area contributed by atoms with Crippen LogP contribution in [-0.4, -0.2) is 61.0 Å². The van der Waals surface area contributed by atoms with Crippen LogP contribution in [0.5, 0.6) is 0 Å². The van der Waals surface area contributed by atoms with Gasteiger partial charge in [0.1, 0.15) is 10.6 Å². The summed E-state index contributed by atoms with van der Waals surface area (Å²) in [5.74, 6) is 0.284. The van der Waals surface area contributed by atoms with Crippen molar-refractivity contribution in [3.63, 3.8) is 0 Å². The van der Waals surface area contributed by atoms with Gasteiger partial charge in [-0.3, -0.25) is 9.59 Å². The number of carbonyl (C=O) groups is 2. The number of nitrogens with one attached hydrogen (secondary N) is 2. The summed E-state index contributed by atoms with van der Waals surface area (Å²) in [5.41, 5.74) is 9.49. The number of carbonyl (C=O) groups excluding carboxylic acids is 2. The monoisotopic (exact) mass is 621 g/mol. The predicted octanol–water partition coefficient (Wildman–Crippen LogP) is 4.00. The normalized spacial score (nSPS) is 30.5. The summed E-state index contributed by atoms with van der Waals surface area (Å²) < 4.78 is 22.7. The van der Waals surface area contributed by atoms with Crippen molar-refractivity contribution in [3.8, 4) is 0 Å². The minimum absolute atomic E-state index is 0.0114. The number of allylic oxidation sites excluding steroid dienone is 8. The molecule has 2 aliphatic carbocycles. The molecule has 1 aromatic heterocycles. The van der Waals surface area contributed by atoms with Crippen molar-refractivity contribution >= 4 is 44.8 Å². The van der Waals surface area contributed by atoms with E-state index < -0.39 is 20.0 Å². The summed E-state index contributed by atoms with van der Waals surface area (Å²) in [6, 6.07) is 3.82. The number of dihydropyridines is 1. The second-order valence-corrected chi connectivity index (χ2v) is 16.2. The van der Waals surface area contributed by atoms with Crippen LogP contribution in [0.4, 0.5) is 11.5 Å². The molecule has 4 heterocycles. The number of sulfone groups is 1. The van der Waals surface area contributed by atoms with Crippen LogP contribution >= 0.6 is 11.8 Å². The largest absolute Gasteiger partial charge is 0.385 e. The minimum Gasteiger partial charge on any atom is -0.385 e. The van der Waals surface area contributed by atoms with E-state index in [0.29, 0.717) is 31.0 Å². The highest BCUT2D eigenvalue weighted by Gasteiger charge is 2.58. The Labute approximate surface area is 257 Å². The molecule has 3 atom stereocenters. The highest BCUT2D eigenvalue weighted by Crippen LogP contribution is 2.61. The van der Waals surface area contributed by atoms with Crippen molar-refractivity contribution in [1.82, 2.24) is 10.3 Å². The third kappa shape index (κ3) is 5.57. The molecule has 4 N–H and O–H groups in total. The number of nitrogens with zero attached hydrogens (tertiary/aromatic N) is 2. The summed E-state index contributed by atoms with van der Waals surface area (Å²) >= 11 is 1.58. The Morgan fingerprint density at radius 3 is 2.65 bits per heavy atom. The lowest BCUT2D eigenvalue weighted by atomic mass is 9.61. The summed E-state index contributed by atoms with van der Waals surface area (Å²) in [4.78, 5) is 35.2. The Bertz CT molecular complexity index is 1590. The van der Waals surface area contributed by atoms with Crippen molar-refractivity contribution in [2.45, 2.75) is 50.7 Å². The van der Waals surface area contributed by atoms with E-state index >= 15 is 0 Å². The molecule has 1 aromatic rings. The molecule has 228 valence electrons. The molecule has 1 fully saturated rings. The maximum atomic E-state index is 14.4. The maximum Gasteiger partial charge on any atom is 0.234 e. The number of nitrogens with two attached hydrogens (primary N) is 1. The molecule has 0 radical (unpaired) electrons. The SMILES string of the molecule is CC1(C2C3=C(CCCCC3)SC2(C)C(N)=O)C=CC=C(C2=CNCC(Nc3ccc(N4CCS(=O)(=O)CC4)cn3)=C2)C1=O. The van der Waals surface area contributed by atoms with E-state index in [2.05, 4.69) is 15.6 Å². The van der Waals surface area contributed by atoms with Gasteiger partial charge < -0.3 is 21.3 Å². The van der Waals surface area contributed by atoms with E-state index in [9.17, 15) is 18.0 Å². The number of Topliss-reactive ketones (excluding diaryl/α,β-unsaturated/α-hetero) is 1. The van der Waals surface area contributed by atoms with Crippen LogP contribution in [0.3, 0.4) is 0 Å². The maximum absolute atomic E-state index is 14.4. The second kappa shape index (κ2) is 11.3. The van der Waals surface area contributed by atoms with E-state index in [4.69, 9.17) is 5.73 Å². The summed E-state index contributed by atoms with van der Waals surface area (Å²) in [5, 5.41) is 6.65. The van der Waals surface area contributed by atoms with Crippen molar-refractivity contribution in [3.05, 3.63) is 76.2 Å². The van der Waals surface area contributed by atoms with Gasteiger partial charge in [0.05, 0.1) is 35.3 Å². The average molecular weight is 622 g/mol. The first-order valence-electron chi connectivity index (χ1n) is 15.0. The Hall–Kier alpha value is -3.31. The fourth-order valence-corrected chi connectivity index (χ4v) is 10.00. The third-order valence-corrected chi connectivity index (χ3v) is 12.6. The van der Waals surface area contributed by atoms with Gasteiger partial charge in [-0.15, -0.1) is 11.8 Å². The summed E-state index contributed by atoms with van der Waals surface area (Å²) in [6.07, 6.45) is 16.5. The predicted molar refractivity (Wildman–Crippen MR) is 172 cm³/mol. The number of hydrogen-bond acceptors (Lipinski definition) is 9. The highest BCUT2D eigenvalue weighted by atomic mass is 32.2. The van der Waals surface area contributed by atoms with Crippen LogP contribution < -0.4 is 21.3 Å². The molecular weight excluding hydrogens is 583 g/mol. The fourth-order valence-electron chi connectivity index (χ4n) is 7.08. The Kier molecular flexibility index (Phi) is 7.83. The van der Waals surface area contributed by atoms with Gasteiger partial charge in [0.15, 0.2) is 15.6 Å². The molecule has 0 spiro atoms. The zero-order valence-electron chi connectivity index (χ0n) is 24.7. The summed E-state index contributed by atoms with van der Waals surface area (Å²) in [7, 11) is -2.95. The Balaban J connectivity index is 1.21. The number of thioether (sulfide) groups is 1. The van der Waals surface area contributed by atoms with Gasteiger partial charge in [-0.1, -0.05) is 30.2 Å². The first-order valence-corrected chi connectivity index (χ1v) is 17.6. The van der Waals surface area contributed by atoms with Crippen LogP contribution in [0, 0.1) is 11.3 Å². The molecule has 5 aliphatic rings. The van der Waals surface area contributed by atoms with Crippen LogP contribution in [0.2, 0.25) is 0 Å². The number of hydrogen-bond donors (Lipinski definition) is 3. The molecule has 1 saturated heterocycles. The third-order valence-electron chi connectivity index (χ3n) is 9.41. The van der Waals surface area contributed by atoms with Crippen LogP contribution in [0.25, 0.3) is 0 Å². The minimum atomic E-state index is -2.95. The van der Waals surface area contributed by atoms with Gasteiger partial charge in [0.2, 0.25) is 5.91 Å². The molecule has 1 amide bonds. The van der Waals surface area contributed by atoms with E-state index in [1.54, 1.807) is 18.0 Å². The quantitative estimate of drug-likeness (QED) is 0.431. The number of amides is 1. The van der Waals surface area contributed by atoms with Crippen molar-refractivity contribution in [2.24, 2.45) is 17.1 Å². The standard InChI is InChI=1S/C32H39N5O4S2/c1-31(28-25-7-4-3-5-9-26(25)42-32(28,2)30(33)39)12-6-8-24(29(31)38)21-17-22(19-34-18-21)36-27-11-10-23(20-35-27)37-13-15-43(40,41)16-14-37/h6,8,10-12,17-18,20,28,34H,3-5,7,9,13-16,19H2,1-2H3,(H2,33,39)(H,35,36). The lowest BCUT2D eigenvalue weighted by Gasteiger charge is -2.42. The number of rotatable bonds is 6. The van der Waals surface area contributed by atoms with E-state index in [0.717, 1.165) is 49.1 Å². The number of primary amides is 1. The van der Waals surface area contributed by atoms with Gasteiger partial charge in [0.25, 0.3) is 0 Å². The molecule has 0 saturated carbocycles. The van der Waals surface area contributed by atoms with E-state index in [1.165, 1.54) is 10.5 Å². The molecular formula is C32H39N5O4S2. The zero-order valence-corrected chi connectivity index (χ0v) is 26.3. The van der Waals surface area contributed by atoms with Crippen molar-refractivity contribution < 1.29 is 18.0 Å². The van der Waals surface area contributed by atoms with Crippen molar-refractivity contribution in [1.29, 1.82) is 0 Å². The van der Waals surface area contributed by atoms with Gasteiger partial charge in [-0.25, -0.2) is 13.4 Å². The smallest absolute Gasteiger partial charge is 0.234 e. The van der Waals surface area contributed by atoms with Crippen LogP contribution in [0.1, 0.15) is 46.0 Å². The topological polar surface area (TPSA) is 134 Å². The number of pyridine rings is 1. The molecule has 6 rings (SSSR count). The lowest BCUT2D eigenvalue weighted by Crippen LogP contribution is -2.52. The number of anilines is 2. The average Bonchev–Trinajstić information content (AvgIpc) is 3.11. The van der Waals surface area contributed by atoms with E-state index in [1.807, 2.05) is 61.4 Å². The Morgan fingerprint density at radius 2 is 1.93 bits per heavy atom. The van der Waals surface area contributed by atoms with Gasteiger partial charge >= 0.3 is 0 Å². The van der Waals surface area contributed by atoms with Gasteiger partial charge in [0, 0.05) is 42.1 Å². The van der Waals surface area contributed by atoms with Gasteiger partial charge in [-0.05, 0) is 62.6 Å². The van der Waals surface area contributed by atoms with Gasteiger partial charge in [-0.2, -0.15) is 0 Å². The van der Waals surface area contributed by atoms with Crippen LogP contribution in [0.15, 0.2) is 76.2 Å². The lowest BCUT2D eigenvalue weighted by molar-refractivity contribution is -0.126. The number of aromatic nitrogens is 1.